The third-order valence-corrected chi connectivity index (χ3v) is 4.18. The summed E-state index contributed by atoms with van der Waals surface area (Å²) < 4.78 is 2.17. The lowest BCUT2D eigenvalue weighted by atomic mass is 9.87. The lowest BCUT2D eigenvalue weighted by molar-refractivity contribution is -0.143. The Morgan fingerprint density at radius 3 is 2.78 bits per heavy atom. The molecule has 1 aliphatic rings. The van der Waals surface area contributed by atoms with Gasteiger partial charge in [-0.2, -0.15) is 0 Å². The molecule has 1 aromatic heterocycles. The van der Waals surface area contributed by atoms with Gasteiger partial charge in [0, 0.05) is 25.7 Å². The number of hydrogen-bond donors (Lipinski definition) is 3. The molecule has 0 amide bonds. The van der Waals surface area contributed by atoms with E-state index in [1.165, 1.54) is 6.42 Å². The quantitative estimate of drug-likeness (QED) is 0.745. The molecule has 0 saturated heterocycles. The van der Waals surface area contributed by atoms with Crippen LogP contribution in [0.15, 0.2) is 6.20 Å². The number of aliphatic hydroxyl groups is 1. The highest BCUT2D eigenvalue weighted by atomic mass is 16.4. The molecule has 2 heterocycles. The first-order chi connectivity index (χ1) is 10.8. The summed E-state index contributed by atoms with van der Waals surface area (Å²) in [5.41, 5.74) is 0.719. The Bertz CT molecular complexity index is 510. The first-order valence-corrected chi connectivity index (χ1v) is 8.45. The van der Waals surface area contributed by atoms with Crippen molar-refractivity contribution in [1.29, 1.82) is 0 Å². The van der Waals surface area contributed by atoms with Gasteiger partial charge in [0.1, 0.15) is 11.9 Å². The third kappa shape index (κ3) is 5.32. The number of carbonyl (C=O) groups is 1. The van der Waals surface area contributed by atoms with Gasteiger partial charge in [0.2, 0.25) is 0 Å². The van der Waals surface area contributed by atoms with Crippen molar-refractivity contribution in [3.63, 3.8) is 0 Å². The minimum Gasteiger partial charge on any atom is -0.480 e. The number of aliphatic hydroxyl groups excluding tert-OH is 1. The number of aliphatic carboxylic acids is 1. The molecule has 1 aromatic rings. The predicted octanol–water partition coefficient (Wildman–Crippen LogP) is 1.95. The zero-order chi connectivity index (χ0) is 17.0. The van der Waals surface area contributed by atoms with Crippen LogP contribution in [-0.2, 0) is 24.3 Å². The van der Waals surface area contributed by atoms with Crippen LogP contribution in [0.2, 0.25) is 0 Å². The van der Waals surface area contributed by atoms with Gasteiger partial charge in [-0.25, -0.2) is 4.98 Å². The number of hydrogen-bond acceptors (Lipinski definition) is 4. The SMILES string of the molecule is CC(C)(C)CC(O)C(NCc1cn2c(n1)CCCCC2)C(=O)O. The highest BCUT2D eigenvalue weighted by Crippen LogP contribution is 2.22. The zero-order valence-corrected chi connectivity index (χ0v) is 14.4. The van der Waals surface area contributed by atoms with Crippen molar-refractivity contribution in [2.45, 2.75) is 78.1 Å². The number of carboxylic acids is 1. The second kappa shape index (κ2) is 7.45. The normalized spacial score (nSPS) is 18.1. The highest BCUT2D eigenvalue weighted by molar-refractivity contribution is 5.74. The van der Waals surface area contributed by atoms with E-state index in [2.05, 4.69) is 14.9 Å². The van der Waals surface area contributed by atoms with Crippen molar-refractivity contribution in [2.75, 3.05) is 0 Å². The Kier molecular flexibility index (Phi) is 5.81. The fourth-order valence-electron chi connectivity index (χ4n) is 3.08. The lowest BCUT2D eigenvalue weighted by Gasteiger charge is -2.26. The number of nitrogens with zero attached hydrogens (tertiary/aromatic N) is 2. The van der Waals surface area contributed by atoms with Gasteiger partial charge >= 0.3 is 5.97 Å². The standard InChI is InChI=1S/C17H29N3O3/c1-17(2,3)9-13(21)15(16(22)23)18-10-12-11-20-8-6-4-5-7-14(20)19-12/h11,13,15,18,21H,4-10H2,1-3H3,(H,22,23). The Balaban J connectivity index is 1.97. The molecular weight excluding hydrogens is 294 g/mol. The van der Waals surface area contributed by atoms with Crippen molar-refractivity contribution in [3.8, 4) is 0 Å². The van der Waals surface area contributed by atoms with Gasteiger partial charge in [0.25, 0.3) is 0 Å². The minimum atomic E-state index is -1.03. The van der Waals surface area contributed by atoms with Crippen LogP contribution in [0.3, 0.4) is 0 Å². The number of nitrogens with one attached hydrogen (secondary N) is 1. The molecule has 0 fully saturated rings. The summed E-state index contributed by atoms with van der Waals surface area (Å²) in [7, 11) is 0. The molecule has 23 heavy (non-hydrogen) atoms. The number of imidazole rings is 1. The summed E-state index contributed by atoms with van der Waals surface area (Å²) in [5.74, 6) is 0.0592. The second-order valence-corrected chi connectivity index (χ2v) is 7.68. The van der Waals surface area contributed by atoms with Crippen molar-refractivity contribution in [1.82, 2.24) is 14.9 Å². The Morgan fingerprint density at radius 1 is 1.39 bits per heavy atom. The Hall–Kier alpha value is -1.40. The molecule has 6 heteroatoms. The van der Waals surface area contributed by atoms with Crippen LogP contribution in [0.25, 0.3) is 0 Å². The second-order valence-electron chi connectivity index (χ2n) is 7.68. The molecule has 0 saturated carbocycles. The van der Waals surface area contributed by atoms with Gasteiger partial charge in [-0.05, 0) is 24.7 Å². The Labute approximate surface area is 137 Å². The molecule has 1 aliphatic heterocycles. The van der Waals surface area contributed by atoms with Gasteiger partial charge in [-0.3, -0.25) is 10.1 Å². The summed E-state index contributed by atoms with van der Waals surface area (Å²) >= 11 is 0. The number of fused-ring (bicyclic) bond motifs is 1. The molecule has 0 aromatic carbocycles. The van der Waals surface area contributed by atoms with Crippen molar-refractivity contribution in [3.05, 3.63) is 17.7 Å². The molecule has 6 nitrogen and oxygen atoms in total. The first-order valence-electron chi connectivity index (χ1n) is 8.45. The third-order valence-electron chi connectivity index (χ3n) is 4.18. The van der Waals surface area contributed by atoms with E-state index in [-0.39, 0.29) is 5.41 Å². The van der Waals surface area contributed by atoms with E-state index in [9.17, 15) is 15.0 Å². The summed E-state index contributed by atoms with van der Waals surface area (Å²) in [4.78, 5) is 16.0. The van der Waals surface area contributed by atoms with Crippen molar-refractivity contribution < 1.29 is 15.0 Å². The molecule has 2 rings (SSSR count). The van der Waals surface area contributed by atoms with Gasteiger partial charge in [-0.15, -0.1) is 0 Å². The zero-order valence-electron chi connectivity index (χ0n) is 14.4. The first kappa shape index (κ1) is 17.9. The topological polar surface area (TPSA) is 87.4 Å². The molecule has 0 radical (unpaired) electrons. The fraction of sp³-hybridized carbons (Fsp3) is 0.765. The largest absolute Gasteiger partial charge is 0.480 e. The van der Waals surface area contributed by atoms with E-state index in [1.54, 1.807) is 0 Å². The van der Waals surface area contributed by atoms with Crippen LogP contribution in [0.5, 0.6) is 0 Å². The molecule has 0 spiro atoms. The minimum absolute atomic E-state index is 0.124. The van der Waals surface area contributed by atoms with Crippen LogP contribution >= 0.6 is 0 Å². The van der Waals surface area contributed by atoms with Crippen LogP contribution in [-0.4, -0.2) is 37.9 Å². The summed E-state index contributed by atoms with van der Waals surface area (Å²) in [6.07, 6.45) is 6.04. The van der Waals surface area contributed by atoms with E-state index in [4.69, 9.17) is 0 Å². The molecular formula is C17H29N3O3. The fourth-order valence-corrected chi connectivity index (χ4v) is 3.08. The number of aryl methyl sites for hydroxylation is 2. The molecule has 2 atom stereocenters. The number of aromatic nitrogens is 2. The van der Waals surface area contributed by atoms with Gasteiger partial charge in [0.15, 0.2) is 0 Å². The lowest BCUT2D eigenvalue weighted by Crippen LogP contribution is -2.47. The maximum absolute atomic E-state index is 11.4. The van der Waals surface area contributed by atoms with Crippen molar-refractivity contribution >= 4 is 5.97 Å². The average Bonchev–Trinajstić information content (AvgIpc) is 2.66. The maximum atomic E-state index is 11.4. The van der Waals surface area contributed by atoms with Crippen molar-refractivity contribution in [2.24, 2.45) is 5.41 Å². The predicted molar refractivity (Wildman–Crippen MR) is 88.1 cm³/mol. The smallest absolute Gasteiger partial charge is 0.323 e. The maximum Gasteiger partial charge on any atom is 0.323 e. The van der Waals surface area contributed by atoms with E-state index < -0.39 is 18.1 Å². The average molecular weight is 323 g/mol. The molecule has 0 aliphatic carbocycles. The van der Waals surface area contributed by atoms with Crippen LogP contribution in [0, 0.1) is 5.41 Å². The molecule has 0 bridgehead atoms. The molecule has 130 valence electrons. The van der Waals surface area contributed by atoms with Crippen LogP contribution < -0.4 is 5.32 Å². The van der Waals surface area contributed by atoms with Crippen LogP contribution in [0.1, 0.15) is 58.0 Å². The Morgan fingerprint density at radius 2 is 2.13 bits per heavy atom. The molecule has 2 unspecified atom stereocenters. The van der Waals surface area contributed by atoms with E-state index in [0.29, 0.717) is 13.0 Å². The van der Waals surface area contributed by atoms with Gasteiger partial charge < -0.3 is 14.8 Å². The highest BCUT2D eigenvalue weighted by Gasteiger charge is 2.29. The number of rotatable bonds is 6. The van der Waals surface area contributed by atoms with E-state index in [0.717, 1.165) is 37.3 Å². The summed E-state index contributed by atoms with van der Waals surface area (Å²) in [6, 6.07) is -0.976. The summed E-state index contributed by atoms with van der Waals surface area (Å²) in [5, 5.41) is 22.6. The number of carboxylic acid groups (broad SMARTS) is 1. The van der Waals surface area contributed by atoms with Gasteiger partial charge in [0.05, 0.1) is 11.8 Å². The summed E-state index contributed by atoms with van der Waals surface area (Å²) in [6.45, 7) is 7.31. The van der Waals surface area contributed by atoms with E-state index in [1.807, 2.05) is 27.0 Å². The molecule has 3 N–H and O–H groups in total. The monoisotopic (exact) mass is 323 g/mol. The van der Waals surface area contributed by atoms with Crippen LogP contribution in [0.4, 0.5) is 0 Å². The van der Waals surface area contributed by atoms with Gasteiger partial charge in [-0.1, -0.05) is 27.2 Å². The van der Waals surface area contributed by atoms with E-state index >= 15 is 0 Å².